The maximum atomic E-state index is 13.0. The van der Waals surface area contributed by atoms with Gasteiger partial charge in [-0.3, -0.25) is 4.79 Å². The third-order valence-corrected chi connectivity index (χ3v) is 5.46. The summed E-state index contributed by atoms with van der Waals surface area (Å²) in [4.78, 5) is 16.8. The molecule has 0 radical (unpaired) electrons. The average Bonchev–Trinajstić information content (AvgIpc) is 3.12. The van der Waals surface area contributed by atoms with E-state index in [2.05, 4.69) is 15.6 Å². The number of hydrogen-bond acceptors (Lipinski definition) is 5. The number of nitrogens with one attached hydrogen (secondary N) is 2. The smallest absolute Gasteiger partial charge is 0.270 e. The first-order valence-corrected chi connectivity index (χ1v) is 9.19. The second kappa shape index (κ2) is 8.03. The number of piperidine rings is 1. The lowest BCUT2D eigenvalue weighted by atomic mass is 9.79. The number of ether oxygens (including phenoxy) is 1. The molecule has 2 heterocycles. The van der Waals surface area contributed by atoms with Crippen LogP contribution >= 0.6 is 11.3 Å². The number of aromatic nitrogens is 1. The first kappa shape index (κ1) is 18.0. The van der Waals surface area contributed by atoms with Crippen molar-refractivity contribution in [3.05, 3.63) is 41.2 Å². The number of hydrogen-bond donors (Lipinski definition) is 2. The Labute approximate surface area is 150 Å². The molecule has 7 heteroatoms. The summed E-state index contributed by atoms with van der Waals surface area (Å²) in [5, 5.41) is 8.79. The van der Waals surface area contributed by atoms with Crippen LogP contribution in [0.4, 0.5) is 4.39 Å². The molecule has 1 aromatic heterocycles. The van der Waals surface area contributed by atoms with Gasteiger partial charge in [0, 0.05) is 30.0 Å². The van der Waals surface area contributed by atoms with Gasteiger partial charge in [0.05, 0.1) is 6.61 Å². The van der Waals surface area contributed by atoms with E-state index < -0.39 is 0 Å². The van der Waals surface area contributed by atoms with Gasteiger partial charge in [-0.05, 0) is 50.2 Å². The Morgan fingerprint density at radius 2 is 2.08 bits per heavy atom. The van der Waals surface area contributed by atoms with Crippen molar-refractivity contribution in [2.45, 2.75) is 12.8 Å². The van der Waals surface area contributed by atoms with E-state index in [-0.39, 0.29) is 17.1 Å². The van der Waals surface area contributed by atoms with Gasteiger partial charge >= 0.3 is 0 Å². The molecule has 1 saturated heterocycles. The quantitative estimate of drug-likeness (QED) is 0.828. The molecule has 0 saturated carbocycles. The minimum Gasteiger partial charge on any atom is -0.384 e. The summed E-state index contributed by atoms with van der Waals surface area (Å²) in [6, 6.07) is 6.11. The van der Waals surface area contributed by atoms with Crippen LogP contribution in [-0.4, -0.2) is 44.2 Å². The highest BCUT2D eigenvalue weighted by Gasteiger charge is 2.32. The number of carbonyl (C=O) groups excluding carboxylic acids is 1. The van der Waals surface area contributed by atoms with Gasteiger partial charge in [-0.15, -0.1) is 11.3 Å². The molecule has 0 spiro atoms. The fourth-order valence-electron chi connectivity index (χ4n) is 3.10. The van der Waals surface area contributed by atoms with Gasteiger partial charge in [0.2, 0.25) is 0 Å². The van der Waals surface area contributed by atoms with E-state index in [4.69, 9.17) is 4.74 Å². The van der Waals surface area contributed by atoms with Crippen molar-refractivity contribution in [3.63, 3.8) is 0 Å². The molecule has 2 aromatic rings. The maximum Gasteiger partial charge on any atom is 0.270 e. The molecule has 3 rings (SSSR count). The van der Waals surface area contributed by atoms with Crippen LogP contribution in [0.25, 0.3) is 10.6 Å². The first-order chi connectivity index (χ1) is 12.1. The van der Waals surface area contributed by atoms with Crippen LogP contribution in [0.3, 0.4) is 0 Å². The number of halogens is 1. The Balaban J connectivity index is 1.64. The Kier molecular flexibility index (Phi) is 5.78. The van der Waals surface area contributed by atoms with Crippen LogP contribution < -0.4 is 10.6 Å². The fourth-order valence-corrected chi connectivity index (χ4v) is 3.90. The molecule has 1 fully saturated rings. The van der Waals surface area contributed by atoms with Gasteiger partial charge < -0.3 is 15.4 Å². The predicted octanol–water partition coefficient (Wildman–Crippen LogP) is 2.70. The number of carbonyl (C=O) groups is 1. The highest BCUT2D eigenvalue weighted by molar-refractivity contribution is 7.13. The highest BCUT2D eigenvalue weighted by Crippen LogP contribution is 2.28. The van der Waals surface area contributed by atoms with E-state index >= 15 is 0 Å². The summed E-state index contributed by atoms with van der Waals surface area (Å²) in [5.74, 6) is -0.470. The Hall–Kier alpha value is -1.83. The Morgan fingerprint density at radius 1 is 1.36 bits per heavy atom. The lowest BCUT2D eigenvalue weighted by molar-refractivity contribution is 0.0511. The van der Waals surface area contributed by atoms with E-state index in [0.717, 1.165) is 31.5 Å². The summed E-state index contributed by atoms with van der Waals surface area (Å²) < 4.78 is 18.4. The van der Waals surface area contributed by atoms with Crippen molar-refractivity contribution < 1.29 is 13.9 Å². The molecule has 1 aliphatic rings. The molecular weight excluding hydrogens is 341 g/mol. The monoisotopic (exact) mass is 363 g/mol. The van der Waals surface area contributed by atoms with Gasteiger partial charge in [-0.25, -0.2) is 9.37 Å². The molecule has 1 aromatic carbocycles. The molecule has 0 atom stereocenters. The van der Waals surface area contributed by atoms with Crippen LogP contribution in [0.5, 0.6) is 0 Å². The van der Waals surface area contributed by atoms with Gasteiger partial charge in [0.1, 0.15) is 16.5 Å². The molecule has 0 bridgehead atoms. The molecule has 1 amide bonds. The summed E-state index contributed by atoms with van der Waals surface area (Å²) >= 11 is 1.38. The third-order valence-electron chi connectivity index (χ3n) is 4.57. The SMILES string of the molecule is COCC1(CNC(=O)c2csc(-c3ccc(F)cc3)n2)CCNCC1. The average molecular weight is 363 g/mol. The number of benzene rings is 1. The summed E-state index contributed by atoms with van der Waals surface area (Å²) in [6.07, 6.45) is 1.94. The van der Waals surface area contributed by atoms with Gasteiger partial charge in [-0.1, -0.05) is 0 Å². The van der Waals surface area contributed by atoms with Crippen molar-refractivity contribution in [1.29, 1.82) is 0 Å². The summed E-state index contributed by atoms with van der Waals surface area (Å²) in [6.45, 7) is 3.08. The fraction of sp³-hybridized carbons (Fsp3) is 0.444. The van der Waals surface area contributed by atoms with E-state index in [1.165, 1.54) is 23.5 Å². The molecule has 134 valence electrons. The predicted molar refractivity (Wildman–Crippen MR) is 96.3 cm³/mol. The molecule has 2 N–H and O–H groups in total. The Bertz CT molecular complexity index is 706. The van der Waals surface area contributed by atoms with Crippen LogP contribution in [0, 0.1) is 11.2 Å². The van der Waals surface area contributed by atoms with E-state index in [0.29, 0.717) is 23.9 Å². The van der Waals surface area contributed by atoms with Crippen LogP contribution in [0.15, 0.2) is 29.6 Å². The lowest BCUT2D eigenvalue weighted by Crippen LogP contribution is -2.47. The van der Waals surface area contributed by atoms with Gasteiger partial charge in [0.25, 0.3) is 5.91 Å². The molecular formula is C18H22FN3O2S. The molecule has 5 nitrogen and oxygen atoms in total. The number of thiazole rings is 1. The zero-order valence-corrected chi connectivity index (χ0v) is 15.0. The Morgan fingerprint density at radius 3 is 2.76 bits per heavy atom. The van der Waals surface area contributed by atoms with E-state index in [1.807, 2.05) is 0 Å². The third kappa shape index (κ3) is 4.42. The molecule has 0 aliphatic carbocycles. The van der Waals surface area contributed by atoms with E-state index in [1.54, 1.807) is 24.6 Å². The lowest BCUT2D eigenvalue weighted by Gasteiger charge is -2.37. The number of methoxy groups -OCH3 is 1. The standard InChI is InChI=1S/C18H22FN3O2S/c1-24-12-18(6-8-20-9-7-18)11-21-16(23)15-10-25-17(22-15)13-2-4-14(19)5-3-13/h2-5,10,20H,6-9,11-12H2,1H3,(H,21,23). The zero-order valence-electron chi connectivity index (χ0n) is 14.2. The van der Waals surface area contributed by atoms with Crippen molar-refractivity contribution >= 4 is 17.2 Å². The molecule has 0 unspecified atom stereocenters. The second-order valence-corrected chi connectivity index (χ2v) is 7.27. The van der Waals surface area contributed by atoms with Gasteiger partial charge in [0.15, 0.2) is 0 Å². The zero-order chi connectivity index (χ0) is 17.7. The molecule has 25 heavy (non-hydrogen) atoms. The number of rotatable bonds is 6. The highest BCUT2D eigenvalue weighted by atomic mass is 32.1. The van der Waals surface area contributed by atoms with Crippen molar-refractivity contribution in [2.75, 3.05) is 33.4 Å². The molecule has 1 aliphatic heterocycles. The normalized spacial score (nSPS) is 16.6. The van der Waals surface area contributed by atoms with Crippen molar-refractivity contribution in [3.8, 4) is 10.6 Å². The minimum absolute atomic E-state index is 0.0224. The minimum atomic E-state index is -0.288. The van der Waals surface area contributed by atoms with Crippen molar-refractivity contribution in [1.82, 2.24) is 15.6 Å². The summed E-state index contributed by atoms with van der Waals surface area (Å²) in [5.41, 5.74) is 1.18. The van der Waals surface area contributed by atoms with Crippen LogP contribution in [0.2, 0.25) is 0 Å². The number of amides is 1. The largest absolute Gasteiger partial charge is 0.384 e. The maximum absolute atomic E-state index is 13.0. The van der Waals surface area contributed by atoms with Gasteiger partial charge in [-0.2, -0.15) is 0 Å². The summed E-state index contributed by atoms with van der Waals surface area (Å²) in [7, 11) is 1.70. The first-order valence-electron chi connectivity index (χ1n) is 8.31. The van der Waals surface area contributed by atoms with Crippen molar-refractivity contribution in [2.24, 2.45) is 5.41 Å². The van der Waals surface area contributed by atoms with Crippen LogP contribution in [-0.2, 0) is 4.74 Å². The van der Waals surface area contributed by atoms with Crippen LogP contribution in [0.1, 0.15) is 23.3 Å². The second-order valence-electron chi connectivity index (χ2n) is 6.41. The number of nitrogens with zero attached hydrogens (tertiary/aromatic N) is 1. The van der Waals surface area contributed by atoms with E-state index in [9.17, 15) is 9.18 Å². The topological polar surface area (TPSA) is 63.2 Å².